The van der Waals surface area contributed by atoms with Gasteiger partial charge in [0.2, 0.25) is 5.91 Å². The molecule has 0 aromatic rings. The highest BCUT2D eigenvalue weighted by molar-refractivity contribution is 5.73. The number of ether oxygens (including phenoxy) is 5. The highest BCUT2D eigenvalue weighted by Gasteiger charge is 2.54. The van der Waals surface area contributed by atoms with E-state index in [4.69, 9.17) is 23.7 Å². The van der Waals surface area contributed by atoms with Gasteiger partial charge in [-0.25, -0.2) is 0 Å². The summed E-state index contributed by atoms with van der Waals surface area (Å²) in [4.78, 5) is 11.8. The lowest BCUT2D eigenvalue weighted by Crippen LogP contribution is -2.69. The van der Waals surface area contributed by atoms with Crippen LogP contribution in [0.25, 0.3) is 0 Å². The highest BCUT2D eigenvalue weighted by atomic mass is 16.7. The van der Waals surface area contributed by atoms with E-state index in [1.54, 1.807) is 0 Å². The normalized spacial score (nSPS) is 50.0. The molecule has 3 fully saturated rings. The summed E-state index contributed by atoms with van der Waals surface area (Å²) in [5.41, 5.74) is 0. The molecule has 0 bridgehead atoms. The van der Waals surface area contributed by atoms with Gasteiger partial charge in [0.25, 0.3) is 0 Å². The molecular formula is C20H35NO15. The highest BCUT2D eigenvalue weighted by Crippen LogP contribution is 2.32. The molecule has 3 aliphatic rings. The van der Waals surface area contributed by atoms with E-state index in [1.807, 2.05) is 0 Å². The fourth-order valence-corrected chi connectivity index (χ4v) is 4.40. The largest absolute Gasteiger partial charge is 0.394 e. The van der Waals surface area contributed by atoms with E-state index in [0.717, 1.165) is 6.92 Å². The first-order valence-corrected chi connectivity index (χ1v) is 11.4. The van der Waals surface area contributed by atoms with Crippen LogP contribution in [0, 0.1) is 0 Å². The number of rotatable bonds is 7. The van der Waals surface area contributed by atoms with E-state index in [-0.39, 0.29) is 0 Å². The molecule has 3 aliphatic heterocycles. The minimum atomic E-state index is -1.85. The Morgan fingerprint density at radius 1 is 0.722 bits per heavy atom. The topological polar surface area (TPSA) is 257 Å². The number of hydrogen-bond acceptors (Lipinski definition) is 15. The minimum Gasteiger partial charge on any atom is -0.394 e. The standard InChI is InChI=1S/C20H35NO15/c1-5-10(25)12(27)14(29)19(32-5)36-17-9(21-6(2)24)18(31)33-8(4-23)16(17)35-20-15(30)13(28)11(26)7(3-22)34-20/h5,7-20,22-23,25-31H,3-4H2,1-2H3,(H,21,24)/t5-,7+,8+,9+,10-,11+,12+,13-,14+,15+,16+,17+,18?,19-,20-/m0/s1. The van der Waals surface area contributed by atoms with Gasteiger partial charge in [-0.15, -0.1) is 0 Å². The van der Waals surface area contributed by atoms with Crippen molar-refractivity contribution in [2.45, 2.75) is 106 Å². The zero-order chi connectivity index (χ0) is 26.9. The van der Waals surface area contributed by atoms with Crippen LogP contribution in [0.2, 0.25) is 0 Å². The van der Waals surface area contributed by atoms with Gasteiger partial charge in [0, 0.05) is 6.92 Å². The van der Waals surface area contributed by atoms with Crippen LogP contribution in [-0.2, 0) is 28.5 Å². The second kappa shape index (κ2) is 12.2. The zero-order valence-corrected chi connectivity index (χ0v) is 19.5. The molecule has 0 spiro atoms. The number of aliphatic hydroxyl groups is 9. The molecule has 15 atom stereocenters. The number of nitrogens with one attached hydrogen (secondary N) is 1. The average molecular weight is 529 g/mol. The Morgan fingerprint density at radius 3 is 1.81 bits per heavy atom. The summed E-state index contributed by atoms with van der Waals surface area (Å²) >= 11 is 0. The minimum absolute atomic E-state index is 0.640. The van der Waals surface area contributed by atoms with Crippen molar-refractivity contribution in [2.75, 3.05) is 13.2 Å². The Bertz CT molecular complexity index is 729. The molecular weight excluding hydrogens is 494 g/mol. The van der Waals surface area contributed by atoms with Gasteiger partial charge in [-0.3, -0.25) is 4.79 Å². The van der Waals surface area contributed by atoms with Gasteiger partial charge in [-0.2, -0.15) is 0 Å². The predicted octanol–water partition coefficient (Wildman–Crippen LogP) is -6.40. The van der Waals surface area contributed by atoms with Crippen molar-refractivity contribution in [3.8, 4) is 0 Å². The molecule has 1 unspecified atom stereocenters. The fourth-order valence-electron chi connectivity index (χ4n) is 4.40. The molecule has 16 nitrogen and oxygen atoms in total. The summed E-state index contributed by atoms with van der Waals surface area (Å²) < 4.78 is 27.7. The Balaban J connectivity index is 1.92. The third-order valence-corrected chi connectivity index (χ3v) is 6.45. The number of carbonyl (C=O) groups is 1. The van der Waals surface area contributed by atoms with Gasteiger partial charge in [0.05, 0.1) is 19.3 Å². The summed E-state index contributed by atoms with van der Waals surface area (Å²) in [6.45, 7) is 1.00. The smallest absolute Gasteiger partial charge is 0.217 e. The van der Waals surface area contributed by atoms with Crippen molar-refractivity contribution in [1.29, 1.82) is 0 Å². The first-order valence-electron chi connectivity index (χ1n) is 11.4. The van der Waals surface area contributed by atoms with E-state index >= 15 is 0 Å². The second-order valence-corrected chi connectivity index (χ2v) is 9.05. The van der Waals surface area contributed by atoms with E-state index < -0.39 is 111 Å². The van der Waals surface area contributed by atoms with E-state index in [9.17, 15) is 50.8 Å². The molecule has 0 aliphatic carbocycles. The fraction of sp³-hybridized carbons (Fsp3) is 0.950. The Labute approximate surface area is 205 Å². The predicted molar refractivity (Wildman–Crippen MR) is 111 cm³/mol. The molecule has 10 N–H and O–H groups in total. The Hall–Kier alpha value is -1.09. The second-order valence-electron chi connectivity index (χ2n) is 9.05. The molecule has 3 saturated heterocycles. The van der Waals surface area contributed by atoms with E-state index in [0.29, 0.717) is 0 Å². The molecule has 36 heavy (non-hydrogen) atoms. The summed E-state index contributed by atoms with van der Waals surface area (Å²) in [5, 5.41) is 93.2. The van der Waals surface area contributed by atoms with Gasteiger partial charge >= 0.3 is 0 Å². The van der Waals surface area contributed by atoms with E-state index in [2.05, 4.69) is 5.32 Å². The molecule has 210 valence electrons. The van der Waals surface area contributed by atoms with Crippen molar-refractivity contribution in [3.05, 3.63) is 0 Å². The Kier molecular flexibility index (Phi) is 9.97. The van der Waals surface area contributed by atoms with Crippen molar-refractivity contribution < 1.29 is 74.4 Å². The maximum absolute atomic E-state index is 11.8. The zero-order valence-electron chi connectivity index (χ0n) is 19.5. The lowest BCUT2D eigenvalue weighted by Gasteiger charge is -2.49. The molecule has 0 aromatic heterocycles. The van der Waals surface area contributed by atoms with Crippen molar-refractivity contribution >= 4 is 5.91 Å². The lowest BCUT2D eigenvalue weighted by atomic mass is 9.94. The van der Waals surface area contributed by atoms with Crippen molar-refractivity contribution in [2.24, 2.45) is 0 Å². The monoisotopic (exact) mass is 529 g/mol. The Morgan fingerprint density at radius 2 is 1.25 bits per heavy atom. The van der Waals surface area contributed by atoms with Crippen LogP contribution in [0.3, 0.4) is 0 Å². The van der Waals surface area contributed by atoms with Crippen LogP contribution in [0.1, 0.15) is 13.8 Å². The first kappa shape index (κ1) is 29.5. The van der Waals surface area contributed by atoms with Crippen molar-refractivity contribution in [1.82, 2.24) is 5.32 Å². The van der Waals surface area contributed by atoms with Crippen LogP contribution < -0.4 is 5.32 Å². The summed E-state index contributed by atoms with van der Waals surface area (Å²) in [6.07, 6.45) is -22.0. The maximum Gasteiger partial charge on any atom is 0.217 e. The number of aliphatic hydroxyl groups excluding tert-OH is 9. The first-order chi connectivity index (χ1) is 16.9. The molecule has 3 heterocycles. The molecule has 3 rings (SSSR count). The summed E-state index contributed by atoms with van der Waals surface area (Å²) in [6, 6.07) is -1.41. The van der Waals surface area contributed by atoms with Gasteiger partial charge < -0.3 is 75.0 Å². The average Bonchev–Trinajstić information content (AvgIpc) is 2.84. The molecule has 16 heteroatoms. The molecule has 0 saturated carbocycles. The molecule has 1 amide bonds. The van der Waals surface area contributed by atoms with Gasteiger partial charge in [-0.05, 0) is 6.92 Å². The molecule has 0 aromatic carbocycles. The van der Waals surface area contributed by atoms with Gasteiger partial charge in [0.15, 0.2) is 18.9 Å². The number of hydrogen-bond donors (Lipinski definition) is 10. The van der Waals surface area contributed by atoms with Crippen molar-refractivity contribution in [3.63, 3.8) is 0 Å². The lowest BCUT2D eigenvalue weighted by molar-refractivity contribution is -0.370. The van der Waals surface area contributed by atoms with Crippen LogP contribution in [0.5, 0.6) is 0 Å². The van der Waals surface area contributed by atoms with Crippen LogP contribution in [-0.4, -0.2) is 157 Å². The summed E-state index contributed by atoms with van der Waals surface area (Å²) in [5.74, 6) is -0.640. The third kappa shape index (κ3) is 5.97. The number of amides is 1. The van der Waals surface area contributed by atoms with Gasteiger partial charge in [0.1, 0.15) is 67.1 Å². The van der Waals surface area contributed by atoms with Crippen LogP contribution in [0.4, 0.5) is 0 Å². The third-order valence-electron chi connectivity index (χ3n) is 6.45. The van der Waals surface area contributed by atoms with Crippen LogP contribution >= 0.6 is 0 Å². The maximum atomic E-state index is 11.8. The van der Waals surface area contributed by atoms with E-state index in [1.165, 1.54) is 6.92 Å². The van der Waals surface area contributed by atoms with Gasteiger partial charge in [-0.1, -0.05) is 0 Å². The SMILES string of the molecule is CC(=O)N[C@H]1C(O)O[C@H](CO)[C@@H](O[C@@H]2O[C@H](CO)[C@@H](O)[C@H](O)[C@H]2O)[C@@H]1O[C@@H]1O[C@@H](C)[C@H](O)[C@@H](O)[C@H]1O. The quantitative estimate of drug-likeness (QED) is 0.147. The summed E-state index contributed by atoms with van der Waals surface area (Å²) in [7, 11) is 0. The number of carbonyl (C=O) groups excluding carboxylic acids is 1. The molecule has 0 radical (unpaired) electrons. The van der Waals surface area contributed by atoms with Crippen LogP contribution in [0.15, 0.2) is 0 Å².